The van der Waals surface area contributed by atoms with Crippen LogP contribution < -0.4 is 10.1 Å². The topological polar surface area (TPSA) is 47.6 Å². The molecule has 0 aliphatic carbocycles. The lowest BCUT2D eigenvalue weighted by molar-refractivity contribution is 0.0534. The Labute approximate surface area is 124 Å². The molecule has 1 aromatic rings. The molecule has 0 aliphatic rings. The first-order chi connectivity index (χ1) is 9.81. The zero-order chi connectivity index (χ0) is 15.9. The highest BCUT2D eigenvalue weighted by Gasteiger charge is 2.15. The van der Waals surface area contributed by atoms with Gasteiger partial charge >= 0.3 is 6.09 Å². The number of rotatable bonds is 5. The standard InChI is InChI=1S/C16H22FNO3/c1-5-20-14-9-8-13(17)11-12(14)7-6-10-18-15(19)21-16(2,3)4/h6-9,11H,5,10H2,1-4H3,(H,18,19). The van der Waals surface area contributed by atoms with Crippen LogP contribution in [0.25, 0.3) is 6.08 Å². The summed E-state index contributed by atoms with van der Waals surface area (Å²) < 4.78 is 23.7. The molecule has 0 heterocycles. The Hall–Kier alpha value is -2.04. The summed E-state index contributed by atoms with van der Waals surface area (Å²) >= 11 is 0. The van der Waals surface area contributed by atoms with Gasteiger partial charge in [0.2, 0.25) is 0 Å². The number of amides is 1. The van der Waals surface area contributed by atoms with Crippen LogP contribution in [0.2, 0.25) is 0 Å². The van der Waals surface area contributed by atoms with Crippen LogP contribution >= 0.6 is 0 Å². The summed E-state index contributed by atoms with van der Waals surface area (Å²) in [6, 6.07) is 4.32. The summed E-state index contributed by atoms with van der Waals surface area (Å²) in [6.45, 7) is 8.04. The van der Waals surface area contributed by atoms with Gasteiger partial charge in [0.15, 0.2) is 0 Å². The van der Waals surface area contributed by atoms with E-state index in [1.54, 1.807) is 39.0 Å². The monoisotopic (exact) mass is 295 g/mol. The van der Waals surface area contributed by atoms with E-state index in [0.29, 0.717) is 17.9 Å². The fourth-order valence-electron chi connectivity index (χ4n) is 1.58. The van der Waals surface area contributed by atoms with Crippen molar-refractivity contribution in [2.45, 2.75) is 33.3 Å². The van der Waals surface area contributed by atoms with Crippen LogP contribution in [0.1, 0.15) is 33.3 Å². The largest absolute Gasteiger partial charge is 0.493 e. The molecule has 0 bridgehead atoms. The number of halogens is 1. The van der Waals surface area contributed by atoms with E-state index in [1.165, 1.54) is 12.1 Å². The molecule has 0 fully saturated rings. The smallest absolute Gasteiger partial charge is 0.407 e. The number of hydrogen-bond donors (Lipinski definition) is 1. The van der Waals surface area contributed by atoms with Crippen molar-refractivity contribution in [1.82, 2.24) is 5.32 Å². The first kappa shape index (κ1) is 17.0. The van der Waals surface area contributed by atoms with Gasteiger partial charge in [-0.1, -0.05) is 12.2 Å². The van der Waals surface area contributed by atoms with E-state index in [1.807, 2.05) is 6.92 Å². The van der Waals surface area contributed by atoms with Gasteiger partial charge in [-0.05, 0) is 45.9 Å². The van der Waals surface area contributed by atoms with Gasteiger partial charge in [-0.15, -0.1) is 0 Å². The fraction of sp³-hybridized carbons (Fsp3) is 0.438. The lowest BCUT2D eigenvalue weighted by atomic mass is 10.2. The Morgan fingerprint density at radius 2 is 2.10 bits per heavy atom. The van der Waals surface area contributed by atoms with Gasteiger partial charge in [0.25, 0.3) is 0 Å². The number of ether oxygens (including phenoxy) is 2. The van der Waals surface area contributed by atoms with Crippen LogP contribution in [0.3, 0.4) is 0 Å². The molecular weight excluding hydrogens is 273 g/mol. The molecule has 1 amide bonds. The molecule has 4 nitrogen and oxygen atoms in total. The molecule has 5 heteroatoms. The molecule has 0 spiro atoms. The second-order valence-corrected chi connectivity index (χ2v) is 5.40. The highest BCUT2D eigenvalue weighted by molar-refractivity contribution is 5.68. The Morgan fingerprint density at radius 3 is 2.71 bits per heavy atom. The summed E-state index contributed by atoms with van der Waals surface area (Å²) in [4.78, 5) is 11.4. The summed E-state index contributed by atoms with van der Waals surface area (Å²) in [5.41, 5.74) is 0.0984. The SMILES string of the molecule is CCOc1ccc(F)cc1C=CCNC(=O)OC(C)(C)C. The van der Waals surface area contributed by atoms with Crippen molar-refractivity contribution in [3.05, 3.63) is 35.7 Å². The molecule has 0 aromatic heterocycles. The van der Waals surface area contributed by atoms with Crippen LogP contribution in [0.5, 0.6) is 5.75 Å². The van der Waals surface area contributed by atoms with Crippen LogP contribution in [0.15, 0.2) is 24.3 Å². The molecule has 0 aliphatic heterocycles. The minimum atomic E-state index is -0.529. The normalized spacial score (nSPS) is 11.5. The van der Waals surface area contributed by atoms with Crippen molar-refractivity contribution in [3.8, 4) is 5.75 Å². The lowest BCUT2D eigenvalue weighted by Gasteiger charge is -2.19. The zero-order valence-electron chi connectivity index (χ0n) is 12.9. The molecular formula is C16H22FNO3. The zero-order valence-corrected chi connectivity index (χ0v) is 12.9. The van der Waals surface area contributed by atoms with Gasteiger partial charge in [0.05, 0.1) is 6.61 Å². The maximum Gasteiger partial charge on any atom is 0.407 e. The highest BCUT2D eigenvalue weighted by Crippen LogP contribution is 2.21. The Balaban J connectivity index is 2.57. The van der Waals surface area contributed by atoms with E-state index in [0.717, 1.165) is 0 Å². The maximum absolute atomic E-state index is 13.2. The van der Waals surface area contributed by atoms with E-state index in [2.05, 4.69) is 5.32 Å². The van der Waals surface area contributed by atoms with Crippen molar-refractivity contribution < 1.29 is 18.7 Å². The van der Waals surface area contributed by atoms with E-state index < -0.39 is 11.7 Å². The van der Waals surface area contributed by atoms with Crippen molar-refractivity contribution in [3.63, 3.8) is 0 Å². The third-order valence-corrected chi connectivity index (χ3v) is 2.33. The maximum atomic E-state index is 13.2. The minimum Gasteiger partial charge on any atom is -0.493 e. The minimum absolute atomic E-state index is 0.289. The quantitative estimate of drug-likeness (QED) is 0.899. The van der Waals surface area contributed by atoms with Gasteiger partial charge in [0, 0.05) is 12.1 Å². The third-order valence-electron chi connectivity index (χ3n) is 2.33. The number of alkyl carbamates (subject to hydrolysis) is 1. The Kier molecular flexibility index (Phi) is 6.21. The molecule has 21 heavy (non-hydrogen) atoms. The second kappa shape index (κ2) is 7.67. The van der Waals surface area contributed by atoms with Gasteiger partial charge in [0.1, 0.15) is 17.2 Å². The van der Waals surface area contributed by atoms with E-state index in [-0.39, 0.29) is 12.4 Å². The van der Waals surface area contributed by atoms with Crippen molar-refractivity contribution in [1.29, 1.82) is 0 Å². The van der Waals surface area contributed by atoms with Gasteiger partial charge < -0.3 is 14.8 Å². The predicted molar refractivity (Wildman–Crippen MR) is 80.8 cm³/mol. The van der Waals surface area contributed by atoms with E-state index in [4.69, 9.17) is 9.47 Å². The molecule has 0 saturated heterocycles. The Morgan fingerprint density at radius 1 is 1.38 bits per heavy atom. The van der Waals surface area contributed by atoms with Crippen LogP contribution in [0.4, 0.5) is 9.18 Å². The number of nitrogens with one attached hydrogen (secondary N) is 1. The molecule has 0 atom stereocenters. The first-order valence-electron chi connectivity index (χ1n) is 6.87. The van der Waals surface area contributed by atoms with Crippen molar-refractivity contribution >= 4 is 12.2 Å². The van der Waals surface area contributed by atoms with Crippen LogP contribution in [-0.4, -0.2) is 24.8 Å². The summed E-state index contributed by atoms with van der Waals surface area (Å²) in [6.07, 6.45) is 2.92. The average Bonchev–Trinajstić information content (AvgIpc) is 2.35. The third kappa shape index (κ3) is 6.79. The second-order valence-electron chi connectivity index (χ2n) is 5.40. The molecule has 0 saturated carbocycles. The van der Waals surface area contributed by atoms with Crippen LogP contribution in [0, 0.1) is 5.82 Å². The molecule has 1 rings (SSSR count). The van der Waals surface area contributed by atoms with E-state index in [9.17, 15) is 9.18 Å². The summed E-state index contributed by atoms with van der Waals surface area (Å²) in [5.74, 6) is 0.269. The Bertz CT molecular complexity index is 507. The van der Waals surface area contributed by atoms with Crippen molar-refractivity contribution in [2.24, 2.45) is 0 Å². The summed E-state index contributed by atoms with van der Waals surface area (Å²) in [7, 11) is 0. The van der Waals surface area contributed by atoms with Crippen LogP contribution in [-0.2, 0) is 4.74 Å². The average molecular weight is 295 g/mol. The number of carbonyl (C=O) groups excluding carboxylic acids is 1. The molecule has 116 valence electrons. The predicted octanol–water partition coefficient (Wildman–Crippen LogP) is 3.76. The number of benzene rings is 1. The lowest BCUT2D eigenvalue weighted by Crippen LogP contribution is -2.32. The first-order valence-corrected chi connectivity index (χ1v) is 6.87. The molecule has 1 aromatic carbocycles. The van der Waals surface area contributed by atoms with Crippen molar-refractivity contribution in [2.75, 3.05) is 13.2 Å². The fourth-order valence-corrected chi connectivity index (χ4v) is 1.58. The van der Waals surface area contributed by atoms with Gasteiger partial charge in [-0.3, -0.25) is 0 Å². The van der Waals surface area contributed by atoms with Gasteiger partial charge in [-0.2, -0.15) is 0 Å². The number of carbonyl (C=O) groups is 1. The number of hydrogen-bond acceptors (Lipinski definition) is 3. The van der Waals surface area contributed by atoms with Gasteiger partial charge in [-0.25, -0.2) is 9.18 Å². The van der Waals surface area contributed by atoms with E-state index >= 15 is 0 Å². The molecule has 0 unspecified atom stereocenters. The molecule has 0 radical (unpaired) electrons. The summed E-state index contributed by atoms with van der Waals surface area (Å²) in [5, 5.41) is 2.59. The highest BCUT2D eigenvalue weighted by atomic mass is 19.1. The molecule has 1 N–H and O–H groups in total.